The maximum Gasteiger partial charge on any atom is 0.221 e. The SMILES string of the molecule is CCc1cc2c(c(C(=O)C[N+](C)(C)C)c1CC)OCCO2.[Br-]. The third kappa shape index (κ3) is 4.02. The van der Waals surface area contributed by atoms with Crippen LogP contribution in [0.2, 0.25) is 0 Å². The molecular weight excluding hydrogens is 346 g/mol. The van der Waals surface area contributed by atoms with Crippen molar-refractivity contribution in [1.82, 2.24) is 0 Å². The van der Waals surface area contributed by atoms with E-state index in [-0.39, 0.29) is 22.8 Å². The van der Waals surface area contributed by atoms with Gasteiger partial charge in [0.1, 0.15) is 19.8 Å². The Morgan fingerprint density at radius 1 is 1.14 bits per heavy atom. The van der Waals surface area contributed by atoms with E-state index in [0.29, 0.717) is 30.0 Å². The molecule has 22 heavy (non-hydrogen) atoms. The van der Waals surface area contributed by atoms with E-state index in [4.69, 9.17) is 9.47 Å². The zero-order chi connectivity index (χ0) is 15.6. The molecule has 1 aromatic rings. The lowest BCUT2D eigenvalue weighted by Gasteiger charge is -2.27. The highest BCUT2D eigenvalue weighted by molar-refractivity contribution is 6.02. The van der Waals surface area contributed by atoms with Gasteiger partial charge in [-0.05, 0) is 30.0 Å². The average molecular weight is 372 g/mol. The van der Waals surface area contributed by atoms with Crippen LogP contribution in [0.3, 0.4) is 0 Å². The minimum atomic E-state index is 0. The number of rotatable bonds is 5. The molecular formula is C17H26BrNO3. The van der Waals surface area contributed by atoms with Crippen molar-refractivity contribution in [2.45, 2.75) is 26.7 Å². The molecule has 0 spiro atoms. The fraction of sp³-hybridized carbons (Fsp3) is 0.588. The molecule has 1 heterocycles. The molecule has 0 saturated carbocycles. The number of carbonyl (C=O) groups is 1. The molecule has 1 aliphatic rings. The minimum absolute atomic E-state index is 0. The van der Waals surface area contributed by atoms with Gasteiger partial charge in [0.2, 0.25) is 5.78 Å². The van der Waals surface area contributed by atoms with E-state index < -0.39 is 0 Å². The number of quaternary nitrogens is 1. The second-order valence-corrected chi connectivity index (χ2v) is 6.49. The first kappa shape index (κ1) is 19.0. The normalized spacial score (nSPS) is 13.5. The van der Waals surface area contributed by atoms with E-state index in [0.717, 1.165) is 29.7 Å². The summed E-state index contributed by atoms with van der Waals surface area (Å²) in [5, 5.41) is 0. The smallest absolute Gasteiger partial charge is 0.221 e. The number of halogens is 1. The van der Waals surface area contributed by atoms with Crippen LogP contribution in [0, 0.1) is 0 Å². The summed E-state index contributed by atoms with van der Waals surface area (Å²) in [5.41, 5.74) is 3.03. The second kappa shape index (κ2) is 7.47. The molecule has 2 rings (SSSR count). The van der Waals surface area contributed by atoms with Crippen LogP contribution < -0.4 is 26.5 Å². The molecule has 124 valence electrons. The van der Waals surface area contributed by atoms with Gasteiger partial charge in [-0.15, -0.1) is 0 Å². The summed E-state index contributed by atoms with van der Waals surface area (Å²) in [4.78, 5) is 12.8. The Labute approximate surface area is 143 Å². The third-order valence-electron chi connectivity index (χ3n) is 3.66. The summed E-state index contributed by atoms with van der Waals surface area (Å²) in [6.07, 6.45) is 1.72. The summed E-state index contributed by atoms with van der Waals surface area (Å²) in [5.74, 6) is 1.50. The topological polar surface area (TPSA) is 35.5 Å². The fourth-order valence-electron chi connectivity index (χ4n) is 2.80. The minimum Gasteiger partial charge on any atom is -1.00 e. The molecule has 1 aromatic carbocycles. The van der Waals surface area contributed by atoms with E-state index >= 15 is 0 Å². The number of likely N-dealkylation sites (N-methyl/N-ethyl adjacent to an activating group) is 1. The highest BCUT2D eigenvalue weighted by Crippen LogP contribution is 2.39. The molecule has 4 nitrogen and oxygen atoms in total. The number of fused-ring (bicyclic) bond motifs is 1. The Kier molecular flexibility index (Phi) is 6.44. The van der Waals surface area contributed by atoms with E-state index in [9.17, 15) is 4.79 Å². The van der Waals surface area contributed by atoms with Gasteiger partial charge in [0.05, 0.1) is 26.7 Å². The molecule has 0 atom stereocenters. The van der Waals surface area contributed by atoms with Gasteiger partial charge in [0.15, 0.2) is 11.5 Å². The van der Waals surface area contributed by atoms with Gasteiger partial charge < -0.3 is 30.9 Å². The number of benzene rings is 1. The predicted octanol–water partition coefficient (Wildman–Crippen LogP) is -0.524. The van der Waals surface area contributed by atoms with Gasteiger partial charge in [0, 0.05) is 0 Å². The van der Waals surface area contributed by atoms with Crippen LogP contribution in [0.1, 0.15) is 35.3 Å². The average Bonchev–Trinajstić information content (AvgIpc) is 2.42. The number of carbonyl (C=O) groups excluding carboxylic acids is 1. The predicted molar refractivity (Wildman–Crippen MR) is 83.4 cm³/mol. The highest BCUT2D eigenvalue weighted by atomic mass is 79.9. The van der Waals surface area contributed by atoms with Crippen LogP contribution in [-0.4, -0.2) is 51.2 Å². The van der Waals surface area contributed by atoms with E-state index in [1.807, 2.05) is 27.2 Å². The lowest BCUT2D eigenvalue weighted by molar-refractivity contribution is -0.861. The zero-order valence-electron chi connectivity index (χ0n) is 14.2. The number of nitrogens with zero attached hydrogens (tertiary/aromatic N) is 1. The van der Waals surface area contributed by atoms with Gasteiger partial charge in [-0.3, -0.25) is 4.79 Å². The summed E-state index contributed by atoms with van der Waals surface area (Å²) in [6, 6.07) is 2.04. The first-order valence-electron chi connectivity index (χ1n) is 7.65. The first-order valence-corrected chi connectivity index (χ1v) is 7.65. The van der Waals surface area contributed by atoms with Crippen molar-refractivity contribution in [1.29, 1.82) is 0 Å². The van der Waals surface area contributed by atoms with Crippen LogP contribution in [0.4, 0.5) is 0 Å². The fourth-order valence-corrected chi connectivity index (χ4v) is 2.80. The zero-order valence-corrected chi connectivity index (χ0v) is 15.7. The summed E-state index contributed by atoms with van der Waals surface area (Å²) >= 11 is 0. The van der Waals surface area contributed by atoms with E-state index in [1.165, 1.54) is 5.56 Å². The Morgan fingerprint density at radius 3 is 2.32 bits per heavy atom. The van der Waals surface area contributed by atoms with Crippen LogP contribution >= 0.6 is 0 Å². The lowest BCUT2D eigenvalue weighted by atomic mass is 9.92. The molecule has 0 aromatic heterocycles. The van der Waals surface area contributed by atoms with Crippen LogP contribution in [-0.2, 0) is 12.8 Å². The number of hydrogen-bond acceptors (Lipinski definition) is 3. The van der Waals surface area contributed by atoms with Gasteiger partial charge in [-0.2, -0.15) is 0 Å². The van der Waals surface area contributed by atoms with Gasteiger partial charge >= 0.3 is 0 Å². The molecule has 1 aliphatic heterocycles. The monoisotopic (exact) mass is 371 g/mol. The number of aryl methyl sites for hydroxylation is 1. The van der Waals surface area contributed by atoms with Gasteiger partial charge in [-0.1, -0.05) is 13.8 Å². The van der Waals surface area contributed by atoms with Gasteiger partial charge in [-0.25, -0.2) is 0 Å². The van der Waals surface area contributed by atoms with Crippen molar-refractivity contribution < 1.29 is 35.7 Å². The standard InChI is InChI=1S/C17H26NO3.BrH/c1-6-12-10-15-17(21-9-8-20-15)16(13(12)7-2)14(19)11-18(3,4)5;/h10H,6-9,11H2,1-5H3;1H/q+1;/p-1. The lowest BCUT2D eigenvalue weighted by Crippen LogP contribution is -3.00. The number of hydrogen-bond donors (Lipinski definition) is 0. The molecule has 5 heteroatoms. The molecule has 0 aliphatic carbocycles. The van der Waals surface area contributed by atoms with Crippen molar-refractivity contribution in [2.24, 2.45) is 0 Å². The molecule has 0 N–H and O–H groups in total. The Hall–Kier alpha value is -1.07. The molecule has 0 unspecified atom stereocenters. The third-order valence-corrected chi connectivity index (χ3v) is 3.66. The van der Waals surface area contributed by atoms with E-state index in [1.54, 1.807) is 0 Å². The van der Waals surface area contributed by atoms with Crippen LogP contribution in [0.25, 0.3) is 0 Å². The van der Waals surface area contributed by atoms with Gasteiger partial charge in [0.25, 0.3) is 0 Å². The number of ether oxygens (including phenoxy) is 2. The molecule has 0 amide bonds. The second-order valence-electron chi connectivity index (χ2n) is 6.49. The molecule has 0 fully saturated rings. The Bertz CT molecular complexity index is 536. The van der Waals surface area contributed by atoms with Crippen molar-refractivity contribution in [3.8, 4) is 11.5 Å². The van der Waals surface area contributed by atoms with Crippen molar-refractivity contribution in [2.75, 3.05) is 40.9 Å². The quantitative estimate of drug-likeness (QED) is 0.515. The largest absolute Gasteiger partial charge is 1.00 e. The molecule has 0 radical (unpaired) electrons. The van der Waals surface area contributed by atoms with Crippen LogP contribution in [0.15, 0.2) is 6.07 Å². The van der Waals surface area contributed by atoms with Crippen molar-refractivity contribution >= 4 is 5.78 Å². The summed E-state index contributed by atoms with van der Waals surface area (Å²) in [6.45, 7) is 5.71. The maximum atomic E-state index is 12.8. The summed E-state index contributed by atoms with van der Waals surface area (Å²) < 4.78 is 12.1. The summed E-state index contributed by atoms with van der Waals surface area (Å²) in [7, 11) is 6.07. The first-order chi connectivity index (χ1) is 9.87. The number of Topliss-reactive ketones (excluding diaryl/α,β-unsaturated/α-hetero) is 1. The highest BCUT2D eigenvalue weighted by Gasteiger charge is 2.28. The Morgan fingerprint density at radius 2 is 1.77 bits per heavy atom. The molecule has 0 bridgehead atoms. The van der Waals surface area contributed by atoms with Crippen LogP contribution in [0.5, 0.6) is 11.5 Å². The number of ketones is 1. The van der Waals surface area contributed by atoms with E-state index in [2.05, 4.69) is 13.8 Å². The van der Waals surface area contributed by atoms with Crippen molar-refractivity contribution in [3.05, 3.63) is 22.8 Å². The molecule has 0 saturated heterocycles. The van der Waals surface area contributed by atoms with Crippen molar-refractivity contribution in [3.63, 3.8) is 0 Å². The maximum absolute atomic E-state index is 12.8. The Balaban J connectivity index is 0.00000242.